The number of hydrogen-bond acceptors (Lipinski definition) is 7. The zero-order chi connectivity index (χ0) is 23.6. The molecule has 2 aromatic carbocycles. The van der Waals surface area contributed by atoms with E-state index in [1.807, 2.05) is 31.2 Å². The topological polar surface area (TPSA) is 96.2 Å². The summed E-state index contributed by atoms with van der Waals surface area (Å²) in [5.74, 6) is 1.19. The average Bonchev–Trinajstić information content (AvgIpc) is 2.77. The Morgan fingerprint density at radius 1 is 1.03 bits per heavy atom. The molecule has 0 spiro atoms. The number of benzene rings is 2. The standard InChI is InChI=1S/C25H33N6OP/c1-17-15-20(9-10-22(17)31-13-11-19(26)12-14-31)28-25-27-16-18(2)24(30-25)29-21-7-5-6-8-23(21)33(3,4)32/h5-10,15-16,19H,11-14,26H2,1-4H3,(H2,27,28,29,30). The number of nitrogens with zero attached hydrogens (tertiary/aromatic N) is 3. The summed E-state index contributed by atoms with van der Waals surface area (Å²) in [4.78, 5) is 11.6. The molecule has 1 aliphatic rings. The van der Waals surface area contributed by atoms with Crippen LogP contribution in [-0.4, -0.2) is 42.4 Å². The van der Waals surface area contributed by atoms with Gasteiger partial charge in [0.15, 0.2) is 0 Å². The Hall–Kier alpha value is -2.89. The molecule has 3 aromatic rings. The van der Waals surface area contributed by atoms with E-state index in [0.29, 0.717) is 17.8 Å². The van der Waals surface area contributed by atoms with Crippen LogP contribution in [0.5, 0.6) is 0 Å². The molecule has 8 heteroatoms. The van der Waals surface area contributed by atoms with Crippen molar-refractivity contribution in [2.45, 2.75) is 32.7 Å². The largest absolute Gasteiger partial charge is 0.371 e. The Kier molecular flexibility index (Phi) is 6.73. The fourth-order valence-electron chi connectivity index (χ4n) is 4.16. The van der Waals surface area contributed by atoms with Crippen molar-refractivity contribution in [3.05, 3.63) is 59.8 Å². The molecule has 1 aliphatic heterocycles. The molecule has 1 aromatic heterocycles. The molecule has 1 fully saturated rings. The van der Waals surface area contributed by atoms with Crippen LogP contribution in [0.3, 0.4) is 0 Å². The maximum Gasteiger partial charge on any atom is 0.229 e. The minimum absolute atomic E-state index is 0.317. The molecular formula is C25H33N6OP. The van der Waals surface area contributed by atoms with E-state index in [-0.39, 0.29) is 0 Å². The van der Waals surface area contributed by atoms with E-state index >= 15 is 0 Å². The van der Waals surface area contributed by atoms with Crippen molar-refractivity contribution >= 4 is 41.3 Å². The number of anilines is 5. The number of piperidine rings is 1. The number of para-hydroxylation sites is 1. The molecule has 174 valence electrons. The minimum Gasteiger partial charge on any atom is -0.371 e. The minimum atomic E-state index is -2.43. The van der Waals surface area contributed by atoms with Gasteiger partial charge in [-0.1, -0.05) is 12.1 Å². The molecule has 0 aliphatic carbocycles. The molecule has 0 atom stereocenters. The van der Waals surface area contributed by atoms with Crippen molar-refractivity contribution in [1.82, 2.24) is 9.97 Å². The Morgan fingerprint density at radius 3 is 2.45 bits per heavy atom. The summed E-state index contributed by atoms with van der Waals surface area (Å²) in [6.07, 6.45) is 3.85. The van der Waals surface area contributed by atoms with Crippen molar-refractivity contribution in [2.75, 3.05) is 42.0 Å². The average molecular weight is 465 g/mol. The number of nitrogens with two attached hydrogens (primary N) is 1. The Morgan fingerprint density at radius 2 is 1.76 bits per heavy atom. The number of aryl methyl sites for hydroxylation is 2. The Bertz CT molecular complexity index is 1180. The third kappa shape index (κ3) is 5.55. The molecule has 33 heavy (non-hydrogen) atoms. The zero-order valence-electron chi connectivity index (χ0n) is 19.8. The van der Waals surface area contributed by atoms with E-state index in [1.54, 1.807) is 19.5 Å². The molecule has 4 N–H and O–H groups in total. The Balaban J connectivity index is 1.53. The van der Waals surface area contributed by atoms with Crippen LogP contribution < -0.4 is 26.6 Å². The molecule has 1 saturated heterocycles. The second kappa shape index (κ2) is 9.54. The van der Waals surface area contributed by atoms with Gasteiger partial charge in [0, 0.05) is 47.6 Å². The molecule has 0 saturated carbocycles. The molecule has 0 radical (unpaired) electrons. The molecule has 0 amide bonds. The van der Waals surface area contributed by atoms with Crippen LogP contribution in [0.25, 0.3) is 0 Å². The summed E-state index contributed by atoms with van der Waals surface area (Å²) in [7, 11) is -2.43. The molecule has 0 bridgehead atoms. The van der Waals surface area contributed by atoms with Crippen molar-refractivity contribution in [2.24, 2.45) is 5.73 Å². The lowest BCUT2D eigenvalue weighted by Gasteiger charge is -2.33. The van der Waals surface area contributed by atoms with Crippen molar-refractivity contribution in [3.63, 3.8) is 0 Å². The highest BCUT2D eigenvalue weighted by Crippen LogP contribution is 2.38. The number of rotatable bonds is 6. The van der Waals surface area contributed by atoms with E-state index in [9.17, 15) is 4.57 Å². The van der Waals surface area contributed by atoms with Gasteiger partial charge in [-0.05, 0) is 75.9 Å². The number of aromatic nitrogens is 2. The zero-order valence-corrected chi connectivity index (χ0v) is 20.7. The second-order valence-corrected chi connectivity index (χ2v) is 12.4. The van der Waals surface area contributed by atoms with Crippen molar-refractivity contribution in [3.8, 4) is 0 Å². The maximum atomic E-state index is 12.7. The first-order valence-electron chi connectivity index (χ1n) is 11.3. The van der Waals surface area contributed by atoms with Gasteiger partial charge in [-0.2, -0.15) is 4.98 Å². The predicted molar refractivity (Wildman–Crippen MR) is 139 cm³/mol. The van der Waals surface area contributed by atoms with Gasteiger partial charge in [0.05, 0.1) is 5.69 Å². The fraction of sp³-hybridized carbons (Fsp3) is 0.360. The summed E-state index contributed by atoms with van der Waals surface area (Å²) >= 11 is 0. The van der Waals surface area contributed by atoms with E-state index < -0.39 is 7.14 Å². The van der Waals surface area contributed by atoms with Gasteiger partial charge in [-0.25, -0.2) is 4.98 Å². The highest BCUT2D eigenvalue weighted by Gasteiger charge is 2.19. The monoisotopic (exact) mass is 464 g/mol. The molecular weight excluding hydrogens is 431 g/mol. The normalized spacial score (nSPS) is 14.9. The highest BCUT2D eigenvalue weighted by molar-refractivity contribution is 7.70. The second-order valence-electron chi connectivity index (χ2n) is 9.17. The van der Waals surface area contributed by atoms with E-state index in [4.69, 9.17) is 5.73 Å². The van der Waals surface area contributed by atoms with E-state index in [1.165, 1.54) is 11.3 Å². The van der Waals surface area contributed by atoms with Crippen LogP contribution in [0.1, 0.15) is 24.0 Å². The highest BCUT2D eigenvalue weighted by atomic mass is 31.2. The fourth-order valence-corrected chi connectivity index (χ4v) is 5.32. The van der Waals surface area contributed by atoms with E-state index in [2.05, 4.69) is 50.6 Å². The van der Waals surface area contributed by atoms with Gasteiger partial charge in [0.25, 0.3) is 0 Å². The van der Waals surface area contributed by atoms with Gasteiger partial charge in [0.1, 0.15) is 13.0 Å². The quantitative estimate of drug-likeness (QED) is 0.453. The third-order valence-electron chi connectivity index (χ3n) is 6.04. The number of hydrogen-bond donors (Lipinski definition) is 3. The Labute approximate surface area is 196 Å². The first-order valence-corrected chi connectivity index (χ1v) is 13.9. The summed E-state index contributed by atoms with van der Waals surface area (Å²) in [5.41, 5.74) is 11.2. The first-order chi connectivity index (χ1) is 15.7. The molecule has 7 nitrogen and oxygen atoms in total. The van der Waals surface area contributed by atoms with Gasteiger partial charge < -0.3 is 25.8 Å². The smallest absolute Gasteiger partial charge is 0.229 e. The first kappa shape index (κ1) is 23.3. The third-order valence-corrected chi connectivity index (χ3v) is 7.59. The summed E-state index contributed by atoms with van der Waals surface area (Å²) in [5, 5.41) is 7.49. The van der Waals surface area contributed by atoms with Crippen LogP contribution in [0, 0.1) is 13.8 Å². The van der Waals surface area contributed by atoms with E-state index in [0.717, 1.165) is 48.2 Å². The van der Waals surface area contributed by atoms with Crippen LogP contribution in [-0.2, 0) is 4.57 Å². The molecule has 0 unspecified atom stereocenters. The van der Waals surface area contributed by atoms with Gasteiger partial charge in [-0.3, -0.25) is 0 Å². The van der Waals surface area contributed by atoms with Crippen molar-refractivity contribution < 1.29 is 4.57 Å². The van der Waals surface area contributed by atoms with Gasteiger partial charge in [0.2, 0.25) is 5.95 Å². The lowest BCUT2D eigenvalue weighted by atomic mass is 10.0. The van der Waals surface area contributed by atoms with Crippen LogP contribution in [0.4, 0.5) is 28.8 Å². The number of nitrogens with one attached hydrogen (secondary N) is 2. The van der Waals surface area contributed by atoms with Crippen LogP contribution in [0.2, 0.25) is 0 Å². The van der Waals surface area contributed by atoms with Crippen LogP contribution in [0.15, 0.2) is 48.7 Å². The summed E-state index contributed by atoms with van der Waals surface area (Å²) in [6, 6.07) is 14.3. The molecule has 2 heterocycles. The maximum absolute atomic E-state index is 12.7. The van der Waals surface area contributed by atoms with Gasteiger partial charge in [-0.15, -0.1) is 0 Å². The van der Waals surface area contributed by atoms with Crippen LogP contribution >= 0.6 is 7.14 Å². The van der Waals surface area contributed by atoms with Crippen molar-refractivity contribution in [1.29, 1.82) is 0 Å². The lowest BCUT2D eigenvalue weighted by Crippen LogP contribution is -2.39. The molecule has 4 rings (SSSR count). The predicted octanol–water partition coefficient (Wildman–Crippen LogP) is 4.76. The van der Waals surface area contributed by atoms with Gasteiger partial charge >= 0.3 is 0 Å². The summed E-state index contributed by atoms with van der Waals surface area (Å²) in [6.45, 7) is 9.62. The summed E-state index contributed by atoms with van der Waals surface area (Å²) < 4.78 is 12.7. The lowest BCUT2D eigenvalue weighted by molar-refractivity contribution is 0.501. The SMILES string of the molecule is Cc1cc(Nc2ncc(C)c(Nc3ccccc3P(C)(C)=O)n2)ccc1N1CCC(N)CC1.